The molecule has 0 saturated carbocycles. The monoisotopic (exact) mass is 488 g/mol. The highest BCUT2D eigenvalue weighted by Crippen LogP contribution is 2.28. The smallest absolute Gasteiger partial charge is 0.343 e. The van der Waals surface area contributed by atoms with Crippen LogP contribution in [0.5, 0.6) is 0 Å². The zero-order chi connectivity index (χ0) is 25.7. The molecule has 2 heterocycles. The first-order chi connectivity index (χ1) is 17.2. The Morgan fingerprint density at radius 1 is 1.00 bits per heavy atom. The fourth-order valence-corrected chi connectivity index (χ4v) is 4.05. The number of aromatic nitrogens is 2. The van der Waals surface area contributed by atoms with Crippen molar-refractivity contribution in [3.05, 3.63) is 65.9 Å². The summed E-state index contributed by atoms with van der Waals surface area (Å²) in [5.41, 5.74) is 4.38. The second-order valence-electron chi connectivity index (χ2n) is 10.1. The minimum Gasteiger partial charge on any atom is -0.462 e. The summed E-state index contributed by atoms with van der Waals surface area (Å²) in [4.78, 5) is 26.3. The van der Waals surface area contributed by atoms with Crippen LogP contribution in [0.2, 0.25) is 0 Å². The van der Waals surface area contributed by atoms with Gasteiger partial charge in [-0.15, -0.1) is 0 Å². The van der Waals surface area contributed by atoms with Crippen LogP contribution in [0.25, 0.3) is 0 Å². The molecule has 0 spiro atoms. The van der Waals surface area contributed by atoms with E-state index >= 15 is 0 Å². The van der Waals surface area contributed by atoms with Gasteiger partial charge in [0.15, 0.2) is 5.82 Å². The number of nitrogens with zero attached hydrogens (tertiary/aromatic N) is 4. The molecule has 36 heavy (non-hydrogen) atoms. The fraction of sp³-hybridized carbons (Fsp3) is 0.393. The van der Waals surface area contributed by atoms with Gasteiger partial charge in [-0.1, -0.05) is 32.9 Å². The normalized spacial score (nSPS) is 14.4. The lowest BCUT2D eigenvalue weighted by molar-refractivity contribution is 0.0526. The summed E-state index contributed by atoms with van der Waals surface area (Å²) < 4.78 is 5.23. The van der Waals surface area contributed by atoms with Gasteiger partial charge in [-0.05, 0) is 61.3 Å². The zero-order valence-electron chi connectivity index (χ0n) is 21.8. The molecule has 1 aliphatic rings. The third-order valence-corrected chi connectivity index (χ3v) is 6.27. The third-order valence-electron chi connectivity index (χ3n) is 6.27. The van der Waals surface area contributed by atoms with E-state index in [0.717, 1.165) is 37.6 Å². The van der Waals surface area contributed by atoms with Crippen LogP contribution in [-0.2, 0) is 10.2 Å². The number of piperazine rings is 1. The maximum Gasteiger partial charge on any atom is 0.343 e. The van der Waals surface area contributed by atoms with Crippen LogP contribution < -0.4 is 15.5 Å². The van der Waals surface area contributed by atoms with Crippen molar-refractivity contribution < 1.29 is 9.53 Å². The highest BCUT2D eigenvalue weighted by molar-refractivity contribution is 5.95. The molecule has 1 fully saturated rings. The molecular formula is C28H36N6O2. The van der Waals surface area contributed by atoms with E-state index in [2.05, 4.69) is 82.5 Å². The molecule has 0 amide bonds. The van der Waals surface area contributed by atoms with Gasteiger partial charge < -0.3 is 25.2 Å². The molecule has 0 atom stereocenters. The predicted octanol–water partition coefficient (Wildman–Crippen LogP) is 5.19. The van der Waals surface area contributed by atoms with E-state index in [-0.39, 0.29) is 17.6 Å². The van der Waals surface area contributed by atoms with E-state index < -0.39 is 5.97 Å². The number of likely N-dealkylation sites (N-methyl/N-ethyl adjacent to an activating group) is 1. The van der Waals surface area contributed by atoms with Gasteiger partial charge in [0.2, 0.25) is 5.95 Å². The molecule has 2 N–H and O–H groups in total. The standard InChI is InChI=1S/C28H36N6O2/c1-6-36-26(35)24-19-29-27(32-25(24)30-22-9-7-8-20(18-22)28(2,3)4)31-21-10-12-23(13-11-21)34-16-14-33(5)15-17-34/h7-13,18-19H,6,14-17H2,1-5H3,(H2,29,30,31,32). The Hall–Kier alpha value is -3.65. The van der Waals surface area contributed by atoms with Crippen LogP contribution >= 0.6 is 0 Å². The van der Waals surface area contributed by atoms with Gasteiger partial charge in [0, 0.05) is 49.4 Å². The van der Waals surface area contributed by atoms with Crippen LogP contribution in [0, 0.1) is 0 Å². The number of esters is 1. The maximum atomic E-state index is 12.6. The average molecular weight is 489 g/mol. The minimum atomic E-state index is -0.463. The number of hydrogen-bond acceptors (Lipinski definition) is 8. The molecule has 1 aliphatic heterocycles. The van der Waals surface area contributed by atoms with Crippen molar-refractivity contribution in [3.63, 3.8) is 0 Å². The van der Waals surface area contributed by atoms with E-state index in [4.69, 9.17) is 4.74 Å². The number of benzene rings is 2. The molecular weight excluding hydrogens is 452 g/mol. The molecule has 1 saturated heterocycles. The molecule has 2 aromatic carbocycles. The van der Waals surface area contributed by atoms with Crippen molar-refractivity contribution in [3.8, 4) is 0 Å². The van der Waals surface area contributed by atoms with Crippen LogP contribution in [0.15, 0.2) is 54.7 Å². The van der Waals surface area contributed by atoms with Crippen LogP contribution in [-0.4, -0.2) is 60.7 Å². The lowest BCUT2D eigenvalue weighted by Gasteiger charge is -2.34. The summed E-state index contributed by atoms with van der Waals surface area (Å²) in [5, 5.41) is 6.56. The van der Waals surface area contributed by atoms with E-state index in [9.17, 15) is 4.79 Å². The Balaban J connectivity index is 1.55. The summed E-state index contributed by atoms with van der Waals surface area (Å²) in [6.45, 7) is 12.7. The van der Waals surface area contributed by atoms with Crippen LogP contribution in [0.4, 0.5) is 28.8 Å². The number of rotatable bonds is 7. The SMILES string of the molecule is CCOC(=O)c1cnc(Nc2ccc(N3CCN(C)CC3)cc2)nc1Nc1cccc(C(C)(C)C)c1. The second-order valence-corrected chi connectivity index (χ2v) is 10.1. The number of hydrogen-bond donors (Lipinski definition) is 2. The van der Waals surface area contributed by atoms with Gasteiger partial charge in [-0.3, -0.25) is 0 Å². The van der Waals surface area contributed by atoms with Gasteiger partial charge in [-0.25, -0.2) is 9.78 Å². The maximum absolute atomic E-state index is 12.6. The molecule has 8 nitrogen and oxygen atoms in total. The van der Waals surface area contributed by atoms with Crippen molar-refractivity contribution in [1.29, 1.82) is 0 Å². The van der Waals surface area contributed by atoms with E-state index in [1.807, 2.05) is 24.3 Å². The average Bonchev–Trinajstić information content (AvgIpc) is 2.85. The first kappa shape index (κ1) is 25.4. The van der Waals surface area contributed by atoms with Crippen molar-refractivity contribution in [1.82, 2.24) is 14.9 Å². The van der Waals surface area contributed by atoms with Crippen molar-refractivity contribution in [2.24, 2.45) is 0 Å². The molecule has 4 rings (SSSR count). The Labute approximate surface area is 213 Å². The molecule has 1 aromatic heterocycles. The molecule has 0 aliphatic carbocycles. The minimum absolute atomic E-state index is 0.00364. The number of carbonyl (C=O) groups is 1. The van der Waals surface area contributed by atoms with Gasteiger partial charge in [0.1, 0.15) is 5.56 Å². The van der Waals surface area contributed by atoms with E-state index in [0.29, 0.717) is 11.8 Å². The Morgan fingerprint density at radius 2 is 1.72 bits per heavy atom. The van der Waals surface area contributed by atoms with Crippen molar-refractivity contribution in [2.75, 3.05) is 55.4 Å². The lowest BCUT2D eigenvalue weighted by atomic mass is 9.87. The van der Waals surface area contributed by atoms with Gasteiger partial charge in [0.25, 0.3) is 0 Å². The number of carbonyl (C=O) groups excluding carboxylic acids is 1. The molecule has 8 heteroatoms. The van der Waals surface area contributed by atoms with Crippen LogP contribution in [0.3, 0.4) is 0 Å². The topological polar surface area (TPSA) is 82.6 Å². The summed E-state index contributed by atoms with van der Waals surface area (Å²) in [6, 6.07) is 16.4. The largest absolute Gasteiger partial charge is 0.462 e. The lowest BCUT2D eigenvalue weighted by Crippen LogP contribution is -2.44. The first-order valence-corrected chi connectivity index (χ1v) is 12.5. The Bertz CT molecular complexity index is 1180. The zero-order valence-corrected chi connectivity index (χ0v) is 21.8. The predicted molar refractivity (Wildman–Crippen MR) is 146 cm³/mol. The van der Waals surface area contributed by atoms with E-state index in [1.165, 1.54) is 17.4 Å². The third kappa shape index (κ3) is 6.31. The highest BCUT2D eigenvalue weighted by Gasteiger charge is 2.19. The molecule has 0 radical (unpaired) electrons. The summed E-state index contributed by atoms with van der Waals surface area (Å²) in [6.07, 6.45) is 1.50. The number of anilines is 5. The van der Waals surface area contributed by atoms with Gasteiger partial charge in [0.05, 0.1) is 6.61 Å². The fourth-order valence-electron chi connectivity index (χ4n) is 4.05. The Kier molecular flexibility index (Phi) is 7.74. The second kappa shape index (κ2) is 11.0. The molecule has 0 bridgehead atoms. The number of nitrogens with one attached hydrogen (secondary N) is 2. The quantitative estimate of drug-likeness (QED) is 0.440. The first-order valence-electron chi connectivity index (χ1n) is 12.5. The number of ether oxygens (including phenoxy) is 1. The summed E-state index contributed by atoms with van der Waals surface area (Å²) in [7, 11) is 2.15. The van der Waals surface area contributed by atoms with Gasteiger partial charge >= 0.3 is 5.97 Å². The summed E-state index contributed by atoms with van der Waals surface area (Å²) >= 11 is 0. The van der Waals surface area contributed by atoms with Crippen LogP contribution in [0.1, 0.15) is 43.6 Å². The molecule has 0 unspecified atom stereocenters. The molecule has 190 valence electrons. The highest BCUT2D eigenvalue weighted by atomic mass is 16.5. The van der Waals surface area contributed by atoms with Crippen molar-refractivity contribution in [2.45, 2.75) is 33.1 Å². The van der Waals surface area contributed by atoms with E-state index in [1.54, 1.807) is 6.92 Å². The van der Waals surface area contributed by atoms with Crippen molar-refractivity contribution >= 4 is 34.8 Å². The van der Waals surface area contributed by atoms with Gasteiger partial charge in [-0.2, -0.15) is 4.98 Å². The Morgan fingerprint density at radius 3 is 2.39 bits per heavy atom. The summed E-state index contributed by atoms with van der Waals surface area (Å²) in [5.74, 6) is 0.325. The molecule has 3 aromatic rings.